The number of hydrogen-bond donors (Lipinski definition) is 2. The number of nitrogens with zero attached hydrogens (tertiary/aromatic N) is 1. The number of aromatic nitrogens is 2. The number of aryl methyl sites for hydroxylation is 1. The predicted octanol–water partition coefficient (Wildman–Crippen LogP) is 2.74. The molecule has 3 aromatic rings. The average molecular weight is 351 g/mol. The third-order valence-corrected chi connectivity index (χ3v) is 5.85. The summed E-state index contributed by atoms with van der Waals surface area (Å²) in [5, 5.41) is 2.61. The highest BCUT2D eigenvalue weighted by atomic mass is 32.2. The zero-order chi connectivity index (χ0) is 15.7. The second-order valence-corrected chi connectivity index (χ2v) is 7.84. The molecule has 0 aliphatic heterocycles. The maximum absolute atomic E-state index is 12.4. The Balaban J connectivity index is 1.96. The summed E-state index contributed by atoms with van der Waals surface area (Å²) in [4.78, 5) is 33.4. The molecule has 0 atom stereocenters. The Morgan fingerprint density at radius 1 is 1.45 bits per heavy atom. The lowest BCUT2D eigenvalue weighted by Gasteiger charge is -2.00. The highest BCUT2D eigenvalue weighted by molar-refractivity contribution is 7.99. The largest absolute Gasteiger partial charge is 0.369 e. The molecule has 0 radical (unpaired) electrons. The number of rotatable bonds is 5. The molecule has 0 aliphatic carbocycles. The summed E-state index contributed by atoms with van der Waals surface area (Å²) in [7, 11) is 0. The molecule has 0 spiro atoms. The molecule has 5 nitrogen and oxygen atoms in total. The van der Waals surface area contributed by atoms with Crippen LogP contribution in [0.1, 0.15) is 10.7 Å². The first-order valence-corrected chi connectivity index (χ1v) is 9.33. The van der Waals surface area contributed by atoms with Crippen LogP contribution in [0.25, 0.3) is 20.7 Å². The van der Waals surface area contributed by atoms with Gasteiger partial charge in [-0.15, -0.1) is 34.4 Å². The van der Waals surface area contributed by atoms with Gasteiger partial charge in [0.25, 0.3) is 5.56 Å². The third kappa shape index (κ3) is 3.08. The lowest BCUT2D eigenvalue weighted by Crippen LogP contribution is -2.14. The van der Waals surface area contributed by atoms with Gasteiger partial charge in [0.05, 0.1) is 16.9 Å². The standard InChI is InChI=1S/C14H13N3O2S3/c1-7-2-3-9(22-7)8-4-21-14-12(8)13(19)16-11(17-14)6-20-5-10(15)18/h2-4H,5-6H2,1H3,(H2,15,18)(H,16,17,19). The molecule has 0 aliphatic rings. The van der Waals surface area contributed by atoms with Gasteiger partial charge in [-0.25, -0.2) is 4.98 Å². The van der Waals surface area contributed by atoms with Crippen molar-refractivity contribution in [2.24, 2.45) is 5.73 Å². The molecular formula is C14H13N3O2S3. The van der Waals surface area contributed by atoms with Gasteiger partial charge in [0.2, 0.25) is 5.91 Å². The normalized spacial score (nSPS) is 11.1. The van der Waals surface area contributed by atoms with Crippen LogP contribution in [0, 0.1) is 6.92 Å². The van der Waals surface area contributed by atoms with Crippen LogP contribution in [0.5, 0.6) is 0 Å². The number of fused-ring (bicyclic) bond motifs is 1. The summed E-state index contributed by atoms with van der Waals surface area (Å²) in [6.45, 7) is 2.04. The smallest absolute Gasteiger partial charge is 0.260 e. The molecule has 114 valence electrons. The number of H-pyrrole nitrogens is 1. The molecule has 0 bridgehead atoms. The van der Waals surface area contributed by atoms with Gasteiger partial charge in [0, 0.05) is 20.7 Å². The van der Waals surface area contributed by atoms with Gasteiger partial charge in [-0.3, -0.25) is 9.59 Å². The fraction of sp³-hybridized carbons (Fsp3) is 0.214. The molecule has 3 rings (SSSR count). The van der Waals surface area contributed by atoms with E-state index in [1.54, 1.807) is 11.3 Å². The van der Waals surface area contributed by atoms with Gasteiger partial charge in [-0.1, -0.05) is 0 Å². The Morgan fingerprint density at radius 3 is 2.95 bits per heavy atom. The van der Waals surface area contributed by atoms with Crippen LogP contribution in [0.3, 0.4) is 0 Å². The van der Waals surface area contributed by atoms with Crippen LogP contribution in [-0.4, -0.2) is 21.6 Å². The topological polar surface area (TPSA) is 88.8 Å². The molecule has 0 saturated heterocycles. The molecule has 22 heavy (non-hydrogen) atoms. The van der Waals surface area contributed by atoms with Gasteiger partial charge < -0.3 is 10.7 Å². The van der Waals surface area contributed by atoms with Crippen LogP contribution >= 0.6 is 34.4 Å². The molecule has 0 fully saturated rings. The summed E-state index contributed by atoms with van der Waals surface area (Å²) in [6, 6.07) is 4.07. The van der Waals surface area contributed by atoms with E-state index in [9.17, 15) is 9.59 Å². The van der Waals surface area contributed by atoms with E-state index in [0.717, 1.165) is 15.3 Å². The number of hydrogen-bond acceptors (Lipinski definition) is 6. The van der Waals surface area contributed by atoms with Gasteiger partial charge >= 0.3 is 0 Å². The average Bonchev–Trinajstić information content (AvgIpc) is 3.04. The minimum atomic E-state index is -0.375. The molecule has 3 aromatic heterocycles. The van der Waals surface area contributed by atoms with Crippen molar-refractivity contribution in [1.29, 1.82) is 0 Å². The van der Waals surface area contributed by atoms with Gasteiger partial charge in [0.1, 0.15) is 10.7 Å². The van der Waals surface area contributed by atoms with Crippen molar-refractivity contribution in [2.75, 3.05) is 5.75 Å². The second kappa shape index (κ2) is 6.23. The van der Waals surface area contributed by atoms with E-state index in [1.165, 1.54) is 28.0 Å². The number of thioether (sulfide) groups is 1. The quantitative estimate of drug-likeness (QED) is 0.740. The Labute approximate surface area is 138 Å². The molecule has 0 unspecified atom stereocenters. The van der Waals surface area contributed by atoms with Crippen LogP contribution in [-0.2, 0) is 10.5 Å². The van der Waals surface area contributed by atoms with Gasteiger partial charge in [-0.2, -0.15) is 0 Å². The first-order chi connectivity index (χ1) is 10.5. The maximum atomic E-state index is 12.4. The number of nitrogens with two attached hydrogens (primary N) is 1. The van der Waals surface area contributed by atoms with Crippen molar-refractivity contribution in [3.63, 3.8) is 0 Å². The summed E-state index contributed by atoms with van der Waals surface area (Å²) in [5.74, 6) is 0.866. The van der Waals surface area contributed by atoms with E-state index >= 15 is 0 Å². The summed E-state index contributed by atoms with van der Waals surface area (Å²) in [6.07, 6.45) is 0. The minimum Gasteiger partial charge on any atom is -0.369 e. The SMILES string of the molecule is Cc1ccc(-c2csc3nc(CSCC(N)=O)[nH]c(=O)c23)s1. The number of carbonyl (C=O) groups excluding carboxylic acids is 1. The van der Waals surface area contributed by atoms with E-state index in [1.807, 2.05) is 24.4 Å². The Hall–Kier alpha value is -1.64. The summed E-state index contributed by atoms with van der Waals surface area (Å²) in [5.41, 5.74) is 5.89. The van der Waals surface area contributed by atoms with Crippen molar-refractivity contribution in [1.82, 2.24) is 9.97 Å². The molecule has 1 amide bonds. The Morgan fingerprint density at radius 2 is 2.27 bits per heavy atom. The number of carbonyl (C=O) groups is 1. The van der Waals surface area contributed by atoms with E-state index in [0.29, 0.717) is 17.0 Å². The minimum absolute atomic E-state index is 0.137. The van der Waals surface area contributed by atoms with Crippen LogP contribution in [0.15, 0.2) is 22.3 Å². The molecule has 0 aromatic carbocycles. The highest BCUT2D eigenvalue weighted by Gasteiger charge is 2.14. The van der Waals surface area contributed by atoms with E-state index < -0.39 is 0 Å². The van der Waals surface area contributed by atoms with Gasteiger partial charge in [-0.05, 0) is 19.1 Å². The van der Waals surface area contributed by atoms with Crippen LogP contribution in [0.4, 0.5) is 0 Å². The predicted molar refractivity (Wildman–Crippen MR) is 93.6 cm³/mol. The van der Waals surface area contributed by atoms with E-state index in [2.05, 4.69) is 9.97 Å². The molecule has 8 heteroatoms. The molecule has 0 saturated carbocycles. The Kier molecular flexibility index (Phi) is 4.32. The number of aromatic amines is 1. The molecule has 3 heterocycles. The monoisotopic (exact) mass is 351 g/mol. The summed E-state index contributed by atoms with van der Waals surface area (Å²) < 4.78 is 0. The zero-order valence-corrected chi connectivity index (χ0v) is 14.2. The number of nitrogens with one attached hydrogen (secondary N) is 1. The number of thiophene rings is 2. The Bertz CT molecular complexity index is 894. The highest BCUT2D eigenvalue weighted by Crippen LogP contribution is 2.35. The van der Waals surface area contributed by atoms with Crippen molar-refractivity contribution >= 4 is 50.6 Å². The van der Waals surface area contributed by atoms with E-state index in [-0.39, 0.29) is 17.2 Å². The van der Waals surface area contributed by atoms with Crippen LogP contribution < -0.4 is 11.3 Å². The fourth-order valence-corrected chi connectivity index (χ4v) is 4.63. The lowest BCUT2D eigenvalue weighted by atomic mass is 10.2. The first kappa shape index (κ1) is 15.3. The molecule has 3 N–H and O–H groups in total. The van der Waals surface area contributed by atoms with E-state index in [4.69, 9.17) is 5.73 Å². The molecular weight excluding hydrogens is 338 g/mol. The third-order valence-electron chi connectivity index (χ3n) is 2.98. The maximum Gasteiger partial charge on any atom is 0.260 e. The fourth-order valence-electron chi connectivity index (χ4n) is 2.07. The summed E-state index contributed by atoms with van der Waals surface area (Å²) >= 11 is 4.46. The zero-order valence-electron chi connectivity index (χ0n) is 11.7. The first-order valence-electron chi connectivity index (χ1n) is 6.48. The number of primary amides is 1. The van der Waals surface area contributed by atoms with Crippen molar-refractivity contribution in [3.8, 4) is 10.4 Å². The second-order valence-electron chi connectivity index (χ2n) is 4.71. The van der Waals surface area contributed by atoms with Crippen molar-refractivity contribution in [2.45, 2.75) is 12.7 Å². The van der Waals surface area contributed by atoms with Gasteiger partial charge in [0.15, 0.2) is 0 Å². The van der Waals surface area contributed by atoms with Crippen molar-refractivity contribution in [3.05, 3.63) is 38.6 Å². The number of amides is 1. The lowest BCUT2D eigenvalue weighted by molar-refractivity contribution is -0.115. The van der Waals surface area contributed by atoms with Crippen LogP contribution in [0.2, 0.25) is 0 Å². The van der Waals surface area contributed by atoms with Crippen molar-refractivity contribution < 1.29 is 4.79 Å².